The Labute approximate surface area is 160 Å². The molecule has 28 heavy (non-hydrogen) atoms. The highest BCUT2D eigenvalue weighted by Crippen LogP contribution is 2.54. The van der Waals surface area contributed by atoms with E-state index in [4.69, 9.17) is 4.55 Å². The van der Waals surface area contributed by atoms with Crippen LogP contribution < -0.4 is 0 Å². The lowest BCUT2D eigenvalue weighted by Gasteiger charge is -2.31. The van der Waals surface area contributed by atoms with Crippen molar-refractivity contribution in [3.63, 3.8) is 0 Å². The van der Waals surface area contributed by atoms with Gasteiger partial charge in [-0.1, -0.05) is 32.9 Å². The van der Waals surface area contributed by atoms with Gasteiger partial charge in [0.25, 0.3) is 0 Å². The summed E-state index contributed by atoms with van der Waals surface area (Å²) in [4.78, 5) is 1.03. The molecule has 0 unspecified atom stereocenters. The van der Waals surface area contributed by atoms with Gasteiger partial charge in [-0.3, -0.25) is 4.55 Å². The van der Waals surface area contributed by atoms with Gasteiger partial charge < -0.3 is 0 Å². The first-order chi connectivity index (χ1) is 12.0. The van der Waals surface area contributed by atoms with Crippen molar-refractivity contribution >= 4 is 22.7 Å². The quantitative estimate of drug-likeness (QED) is 0.348. The van der Waals surface area contributed by atoms with E-state index >= 15 is 0 Å². The number of rotatable bonds is 3. The van der Waals surface area contributed by atoms with E-state index in [-0.39, 0.29) is 5.41 Å². The molecule has 1 N–H and O–H groups in total. The lowest BCUT2D eigenvalue weighted by Crippen LogP contribution is -2.63. The third-order valence-electron chi connectivity index (χ3n) is 3.17. The number of alkyl halides is 9. The van der Waals surface area contributed by atoms with Gasteiger partial charge in [-0.15, -0.1) is 12.6 Å². The normalized spacial score (nSPS) is 14.4. The molecule has 0 spiro atoms. The van der Waals surface area contributed by atoms with Crippen molar-refractivity contribution in [2.75, 3.05) is 0 Å². The lowest BCUT2D eigenvalue weighted by molar-refractivity contribution is -0.382. The zero-order chi connectivity index (χ0) is 23.0. The summed E-state index contributed by atoms with van der Waals surface area (Å²) in [7, 11) is -7.17. The minimum absolute atomic E-state index is 0.251. The monoisotopic (exact) mass is 466 g/mol. The second-order valence-corrected chi connectivity index (χ2v) is 8.41. The van der Waals surface area contributed by atoms with E-state index in [1.54, 1.807) is 0 Å². The van der Waals surface area contributed by atoms with Crippen LogP contribution in [0.3, 0.4) is 0 Å². The van der Waals surface area contributed by atoms with Crippen LogP contribution in [0.4, 0.5) is 39.5 Å². The molecule has 0 aliphatic carbocycles. The maximum atomic E-state index is 12.2. The van der Waals surface area contributed by atoms with Crippen LogP contribution in [0.5, 0.6) is 0 Å². The van der Waals surface area contributed by atoms with E-state index in [2.05, 4.69) is 45.5 Å². The van der Waals surface area contributed by atoms with E-state index in [9.17, 15) is 47.9 Å². The predicted octanol–water partition coefficient (Wildman–Crippen LogP) is 5.57. The lowest BCUT2D eigenvalue weighted by atomic mass is 9.87. The largest absolute Gasteiger partial charge is 0.460 e. The van der Waals surface area contributed by atoms with Crippen LogP contribution in [0.2, 0.25) is 0 Å². The van der Waals surface area contributed by atoms with Crippen molar-refractivity contribution < 1.29 is 52.5 Å². The van der Waals surface area contributed by atoms with E-state index in [1.807, 2.05) is 12.1 Å². The Morgan fingerprint density at radius 1 is 0.786 bits per heavy atom. The Balaban J connectivity index is 0.000000567. The van der Waals surface area contributed by atoms with Gasteiger partial charge >= 0.3 is 33.4 Å². The first kappa shape index (κ1) is 26.9. The molecule has 0 aromatic heterocycles. The summed E-state index contributed by atoms with van der Waals surface area (Å²) < 4.78 is 134. The molecule has 3 nitrogen and oxygen atoms in total. The van der Waals surface area contributed by atoms with Gasteiger partial charge in [0.15, 0.2) is 0 Å². The summed E-state index contributed by atoms with van der Waals surface area (Å²) >= 11 is 4.23. The Bertz CT molecular complexity index is 765. The summed E-state index contributed by atoms with van der Waals surface area (Å²) in [6.45, 7) is 6.63. The van der Waals surface area contributed by atoms with Gasteiger partial charge in [0.2, 0.25) is 0 Å². The maximum Gasteiger partial charge on any atom is 0.460 e. The fourth-order valence-corrected chi connectivity index (χ4v) is 2.09. The molecule has 14 heteroatoms. The summed E-state index contributed by atoms with van der Waals surface area (Å²) in [6.07, 6.45) is -7.13. The minimum Gasteiger partial charge on any atom is -0.281 e. The SMILES string of the molecule is CC(C)(C)c1ccc(S)cc1.O=S(=O)(O)C(F)(F)C(F)(F)C(F)(F)C(F)(F)F. The summed E-state index contributed by atoms with van der Waals surface area (Å²) in [5.74, 6) is -14.7. The van der Waals surface area contributed by atoms with Gasteiger partial charge in [0, 0.05) is 4.90 Å². The van der Waals surface area contributed by atoms with Gasteiger partial charge in [0.1, 0.15) is 0 Å². The molecule has 164 valence electrons. The average Bonchev–Trinajstić information content (AvgIpc) is 2.44. The number of hydrogen-bond acceptors (Lipinski definition) is 3. The molecule has 0 heterocycles. The Morgan fingerprint density at radius 2 is 1.14 bits per heavy atom. The number of hydrogen-bond donors (Lipinski definition) is 2. The van der Waals surface area contributed by atoms with Crippen LogP contribution in [0.1, 0.15) is 26.3 Å². The number of thiol groups is 1. The molecule has 0 atom stereocenters. The zero-order valence-corrected chi connectivity index (χ0v) is 16.0. The first-order valence-corrected chi connectivity index (χ1v) is 8.85. The standard InChI is InChI=1S/C10H14S.C4HF9O3S/c1-10(2,3)8-4-6-9(11)7-5-8;5-1(6,3(9,10)11)2(7,8)4(12,13)17(14,15)16/h4-7,11H,1-3H3;(H,14,15,16). The van der Waals surface area contributed by atoms with E-state index in [1.165, 1.54) is 5.56 Å². The van der Waals surface area contributed by atoms with Gasteiger partial charge in [-0.05, 0) is 23.1 Å². The minimum atomic E-state index is -7.37. The van der Waals surface area contributed by atoms with Gasteiger partial charge in [-0.25, -0.2) is 0 Å². The topological polar surface area (TPSA) is 54.4 Å². The second kappa shape index (κ2) is 7.94. The Morgan fingerprint density at radius 3 is 1.39 bits per heavy atom. The van der Waals surface area contributed by atoms with Gasteiger partial charge in [-0.2, -0.15) is 47.9 Å². The Kier molecular flexibility index (Phi) is 7.61. The first-order valence-electron chi connectivity index (χ1n) is 6.97. The van der Waals surface area contributed by atoms with Crippen molar-refractivity contribution in [1.82, 2.24) is 0 Å². The molecule has 0 amide bonds. The van der Waals surface area contributed by atoms with Crippen molar-refractivity contribution in [3.05, 3.63) is 29.8 Å². The molecular weight excluding hydrogens is 451 g/mol. The smallest absolute Gasteiger partial charge is 0.281 e. The van der Waals surface area contributed by atoms with Crippen molar-refractivity contribution in [3.8, 4) is 0 Å². The average molecular weight is 466 g/mol. The highest BCUT2D eigenvalue weighted by molar-refractivity contribution is 7.87. The molecular formula is C14H15F9O3S2. The number of halogens is 9. The van der Waals surface area contributed by atoms with Crippen molar-refractivity contribution in [2.24, 2.45) is 0 Å². The third-order valence-corrected chi connectivity index (χ3v) is 4.38. The molecule has 1 aromatic carbocycles. The Hall–Kier alpha value is -1.15. The predicted molar refractivity (Wildman–Crippen MR) is 84.8 cm³/mol. The molecule has 0 fully saturated rings. The van der Waals surface area contributed by atoms with Gasteiger partial charge in [0.05, 0.1) is 0 Å². The summed E-state index contributed by atoms with van der Waals surface area (Å²) in [5.41, 5.74) is 1.61. The fourth-order valence-electron chi connectivity index (χ4n) is 1.48. The van der Waals surface area contributed by atoms with Crippen LogP contribution in [0.15, 0.2) is 29.2 Å². The highest BCUT2D eigenvalue weighted by atomic mass is 32.2. The van der Waals surface area contributed by atoms with Crippen LogP contribution in [0, 0.1) is 0 Å². The van der Waals surface area contributed by atoms with E-state index in [0.29, 0.717) is 0 Å². The van der Waals surface area contributed by atoms with E-state index < -0.39 is 33.4 Å². The molecule has 0 saturated carbocycles. The van der Waals surface area contributed by atoms with Crippen LogP contribution >= 0.6 is 12.6 Å². The number of benzene rings is 1. The maximum absolute atomic E-state index is 12.2. The molecule has 0 aliphatic rings. The molecule has 1 rings (SSSR count). The molecule has 0 saturated heterocycles. The fraction of sp³-hybridized carbons (Fsp3) is 0.571. The van der Waals surface area contributed by atoms with E-state index in [0.717, 1.165) is 4.90 Å². The van der Waals surface area contributed by atoms with Crippen molar-refractivity contribution in [2.45, 2.75) is 54.4 Å². The molecule has 0 aliphatic heterocycles. The van der Waals surface area contributed by atoms with Crippen LogP contribution in [-0.2, 0) is 15.5 Å². The second-order valence-electron chi connectivity index (χ2n) is 6.44. The van der Waals surface area contributed by atoms with Crippen LogP contribution in [0.25, 0.3) is 0 Å². The van der Waals surface area contributed by atoms with Crippen molar-refractivity contribution in [1.29, 1.82) is 0 Å². The third kappa shape index (κ3) is 5.47. The molecule has 0 bridgehead atoms. The zero-order valence-electron chi connectivity index (χ0n) is 14.3. The molecule has 0 radical (unpaired) electrons. The molecule has 1 aromatic rings. The summed E-state index contributed by atoms with van der Waals surface area (Å²) in [6, 6.07) is 8.32. The summed E-state index contributed by atoms with van der Waals surface area (Å²) in [5, 5.41) is -7.00. The van der Waals surface area contributed by atoms with Crippen LogP contribution in [-0.4, -0.2) is 36.2 Å². The highest BCUT2D eigenvalue weighted by Gasteiger charge is 2.85.